The molecule has 0 unspecified atom stereocenters. The summed E-state index contributed by atoms with van der Waals surface area (Å²) in [4.78, 5) is 11.5. The molecule has 0 aliphatic carbocycles. The van der Waals surface area contributed by atoms with E-state index in [1.54, 1.807) is 23.5 Å². The van der Waals surface area contributed by atoms with Gasteiger partial charge in [-0.15, -0.1) is 24.0 Å². The normalized spacial score (nSPS) is 10.7. The lowest BCUT2D eigenvalue weighted by Crippen LogP contribution is -1.95. The highest BCUT2D eigenvalue weighted by molar-refractivity contribution is 9.11. The van der Waals surface area contributed by atoms with E-state index in [1.165, 1.54) is 0 Å². The molecule has 0 bridgehead atoms. The van der Waals surface area contributed by atoms with Crippen LogP contribution in [-0.4, -0.2) is 11.1 Å². The number of aromatic carboxylic acids is 1. The van der Waals surface area contributed by atoms with Crippen molar-refractivity contribution in [2.45, 2.75) is 4.90 Å². The quantitative estimate of drug-likeness (QED) is 0.786. The molecule has 2 aromatic rings. The maximum absolute atomic E-state index is 10.8. The van der Waals surface area contributed by atoms with Gasteiger partial charge in [-0.1, -0.05) is 0 Å². The third-order valence-corrected chi connectivity index (χ3v) is 4.00. The highest BCUT2D eigenvalue weighted by Gasteiger charge is 2.09. The zero-order chi connectivity index (χ0) is 10.3. The molecule has 0 aliphatic rings. The van der Waals surface area contributed by atoms with E-state index in [9.17, 15) is 4.79 Å². The minimum atomic E-state index is -0.926. The first-order valence-corrected chi connectivity index (χ1v) is 5.79. The van der Waals surface area contributed by atoms with Gasteiger partial charge in [-0.05, 0) is 39.5 Å². The fourth-order valence-electron chi connectivity index (χ4n) is 1.23. The van der Waals surface area contributed by atoms with Crippen molar-refractivity contribution < 1.29 is 9.90 Å². The summed E-state index contributed by atoms with van der Waals surface area (Å²) in [5.74, 6) is -0.926. The van der Waals surface area contributed by atoms with Crippen molar-refractivity contribution >= 4 is 56.0 Å². The van der Waals surface area contributed by atoms with Crippen LogP contribution in [0.25, 0.3) is 10.1 Å². The summed E-state index contributed by atoms with van der Waals surface area (Å²) >= 11 is 9.16. The van der Waals surface area contributed by atoms with E-state index >= 15 is 0 Å². The Morgan fingerprint density at radius 3 is 2.79 bits per heavy atom. The topological polar surface area (TPSA) is 37.3 Å². The van der Waals surface area contributed by atoms with Gasteiger partial charge in [-0.2, -0.15) is 0 Å². The van der Waals surface area contributed by atoms with Crippen molar-refractivity contribution in [3.8, 4) is 0 Å². The molecule has 1 aromatic carbocycles. The average Bonchev–Trinajstić information content (AvgIpc) is 2.45. The fourth-order valence-corrected chi connectivity index (χ4v) is 3.14. The Bertz CT molecular complexity index is 519. The number of benzene rings is 1. The number of halogens is 1. The summed E-state index contributed by atoms with van der Waals surface area (Å²) in [5.41, 5.74) is 0.271. The van der Waals surface area contributed by atoms with Gasteiger partial charge in [0.2, 0.25) is 0 Å². The van der Waals surface area contributed by atoms with Crippen LogP contribution in [0.15, 0.2) is 26.9 Å². The summed E-state index contributed by atoms with van der Waals surface area (Å²) in [5, 5.41) is 9.74. The summed E-state index contributed by atoms with van der Waals surface area (Å²) in [6.07, 6.45) is 0. The smallest absolute Gasteiger partial charge is 0.335 e. The van der Waals surface area contributed by atoms with Gasteiger partial charge in [0.1, 0.15) is 0 Å². The minimum Gasteiger partial charge on any atom is -0.478 e. The molecule has 14 heavy (non-hydrogen) atoms. The Morgan fingerprint density at radius 1 is 1.43 bits per heavy atom. The van der Waals surface area contributed by atoms with Crippen LogP contribution in [0.1, 0.15) is 10.4 Å². The van der Waals surface area contributed by atoms with Crippen LogP contribution in [0.2, 0.25) is 0 Å². The summed E-state index contributed by atoms with van der Waals surface area (Å²) in [6, 6.07) is 5.11. The van der Waals surface area contributed by atoms with E-state index in [0.29, 0.717) is 4.90 Å². The number of rotatable bonds is 1. The first-order chi connectivity index (χ1) is 6.58. The lowest BCUT2D eigenvalue weighted by atomic mass is 10.2. The molecule has 5 heteroatoms. The van der Waals surface area contributed by atoms with Crippen molar-refractivity contribution in [3.63, 3.8) is 0 Å². The number of carboxylic acids is 1. The SMILES string of the molecule is O=C(O)c1cc(S)c2sc(Br)cc2c1. The molecule has 1 aromatic heterocycles. The number of carbonyl (C=O) groups is 1. The Balaban J connectivity index is 2.77. The predicted molar refractivity (Wildman–Crippen MR) is 63.7 cm³/mol. The van der Waals surface area contributed by atoms with E-state index in [0.717, 1.165) is 13.9 Å². The van der Waals surface area contributed by atoms with Crippen molar-refractivity contribution in [3.05, 3.63) is 27.5 Å². The number of carboxylic acid groups (broad SMARTS) is 1. The zero-order valence-corrected chi connectivity index (χ0v) is 10.1. The number of hydrogen-bond donors (Lipinski definition) is 2. The lowest BCUT2D eigenvalue weighted by Gasteiger charge is -1.97. The maximum atomic E-state index is 10.8. The van der Waals surface area contributed by atoms with Crippen LogP contribution >= 0.6 is 39.9 Å². The number of hydrogen-bond acceptors (Lipinski definition) is 3. The van der Waals surface area contributed by atoms with Crippen LogP contribution in [0, 0.1) is 0 Å². The molecule has 1 heterocycles. The number of fused-ring (bicyclic) bond motifs is 1. The Hall–Kier alpha value is -0.520. The third kappa shape index (κ3) is 1.67. The maximum Gasteiger partial charge on any atom is 0.335 e. The molecule has 0 saturated heterocycles. The molecule has 0 atom stereocenters. The van der Waals surface area contributed by atoms with Crippen LogP contribution in [0.4, 0.5) is 0 Å². The van der Waals surface area contributed by atoms with Gasteiger partial charge >= 0.3 is 5.97 Å². The molecule has 2 nitrogen and oxygen atoms in total. The van der Waals surface area contributed by atoms with Gasteiger partial charge in [-0.25, -0.2) is 4.79 Å². The van der Waals surface area contributed by atoms with Gasteiger partial charge in [0.15, 0.2) is 0 Å². The van der Waals surface area contributed by atoms with E-state index < -0.39 is 5.97 Å². The van der Waals surface area contributed by atoms with Gasteiger partial charge in [-0.3, -0.25) is 0 Å². The molecular formula is C9H5BrO2S2. The van der Waals surface area contributed by atoms with Crippen molar-refractivity contribution in [1.82, 2.24) is 0 Å². The number of thiophene rings is 1. The third-order valence-electron chi connectivity index (χ3n) is 1.81. The largest absolute Gasteiger partial charge is 0.478 e. The van der Waals surface area contributed by atoms with Gasteiger partial charge < -0.3 is 5.11 Å². The monoisotopic (exact) mass is 288 g/mol. The molecule has 0 amide bonds. The molecule has 0 aliphatic heterocycles. The molecular weight excluding hydrogens is 284 g/mol. The van der Waals surface area contributed by atoms with Crippen LogP contribution < -0.4 is 0 Å². The molecule has 72 valence electrons. The zero-order valence-electron chi connectivity index (χ0n) is 6.82. The van der Waals surface area contributed by atoms with Gasteiger partial charge in [0.25, 0.3) is 0 Å². The predicted octanol–water partition coefficient (Wildman–Crippen LogP) is 3.65. The summed E-state index contributed by atoms with van der Waals surface area (Å²) in [6.45, 7) is 0. The first-order valence-electron chi connectivity index (χ1n) is 3.73. The average molecular weight is 289 g/mol. The van der Waals surface area contributed by atoms with Crippen molar-refractivity contribution in [1.29, 1.82) is 0 Å². The Kier molecular flexibility index (Phi) is 2.55. The minimum absolute atomic E-state index is 0.271. The standard InChI is InChI=1S/C9H5BrO2S2/c10-7-3-4-1-5(9(11)12)2-6(13)8(4)14-7/h1-3,13H,(H,11,12). The van der Waals surface area contributed by atoms with Crippen LogP contribution in [0.3, 0.4) is 0 Å². The molecule has 0 fully saturated rings. The summed E-state index contributed by atoms with van der Waals surface area (Å²) < 4.78 is 1.98. The van der Waals surface area contributed by atoms with E-state index in [2.05, 4.69) is 28.6 Å². The molecule has 0 radical (unpaired) electrons. The highest BCUT2D eigenvalue weighted by atomic mass is 79.9. The Morgan fingerprint density at radius 2 is 2.14 bits per heavy atom. The van der Waals surface area contributed by atoms with Crippen molar-refractivity contribution in [2.75, 3.05) is 0 Å². The number of thiol groups is 1. The molecule has 0 spiro atoms. The molecule has 0 saturated carbocycles. The highest BCUT2D eigenvalue weighted by Crippen LogP contribution is 2.34. The second-order valence-corrected chi connectivity index (χ2v) is 5.68. The second kappa shape index (κ2) is 3.56. The van der Waals surface area contributed by atoms with E-state index in [1.807, 2.05) is 6.07 Å². The Labute approximate surface area is 98.1 Å². The van der Waals surface area contributed by atoms with Gasteiger partial charge in [0.05, 0.1) is 9.35 Å². The second-order valence-electron chi connectivity index (χ2n) is 2.77. The van der Waals surface area contributed by atoms with Gasteiger partial charge in [0, 0.05) is 9.60 Å². The van der Waals surface area contributed by atoms with E-state index in [4.69, 9.17) is 5.11 Å². The lowest BCUT2D eigenvalue weighted by molar-refractivity contribution is 0.0697. The first kappa shape index (κ1) is 10.0. The fraction of sp³-hybridized carbons (Fsp3) is 0. The molecule has 2 rings (SSSR count). The summed E-state index contributed by atoms with van der Waals surface area (Å²) in [7, 11) is 0. The van der Waals surface area contributed by atoms with E-state index in [-0.39, 0.29) is 5.56 Å². The van der Waals surface area contributed by atoms with Crippen LogP contribution in [-0.2, 0) is 0 Å². The molecule has 1 N–H and O–H groups in total. The van der Waals surface area contributed by atoms with Crippen LogP contribution in [0.5, 0.6) is 0 Å². The van der Waals surface area contributed by atoms with Crippen molar-refractivity contribution in [2.24, 2.45) is 0 Å².